The van der Waals surface area contributed by atoms with Crippen LogP contribution in [0.1, 0.15) is 22.3 Å². The quantitative estimate of drug-likeness (QED) is 0.247. The molecule has 0 amide bonds. The molecule has 0 saturated carbocycles. The molecule has 5 aromatic carbocycles. The molecule has 0 aromatic heterocycles. The van der Waals surface area contributed by atoms with Gasteiger partial charge in [-0.15, -0.1) is 0 Å². The van der Waals surface area contributed by atoms with Gasteiger partial charge < -0.3 is 0 Å². The second-order valence-electron chi connectivity index (χ2n) is 8.62. The predicted molar refractivity (Wildman–Crippen MR) is 133 cm³/mol. The number of hydrogen-bond acceptors (Lipinski definition) is 0. The Balaban J connectivity index is 1.69. The zero-order chi connectivity index (χ0) is 21.3. The molecule has 0 heterocycles. The van der Waals surface area contributed by atoms with Crippen molar-refractivity contribution < 1.29 is 0 Å². The SMILES string of the molecule is Clc1ccc(-c2cccc3c2C2(c4ccccc4-c4ccccc42)c2ccccc2-3)cc1. The summed E-state index contributed by atoms with van der Waals surface area (Å²) >= 11 is 6.24. The number of rotatable bonds is 1. The van der Waals surface area contributed by atoms with Crippen molar-refractivity contribution in [3.8, 4) is 33.4 Å². The van der Waals surface area contributed by atoms with E-state index >= 15 is 0 Å². The van der Waals surface area contributed by atoms with Gasteiger partial charge >= 0.3 is 0 Å². The van der Waals surface area contributed by atoms with Crippen molar-refractivity contribution in [2.45, 2.75) is 5.41 Å². The molecule has 0 nitrogen and oxygen atoms in total. The van der Waals surface area contributed by atoms with Crippen LogP contribution in [0.3, 0.4) is 0 Å². The van der Waals surface area contributed by atoms with Crippen LogP contribution < -0.4 is 0 Å². The van der Waals surface area contributed by atoms with E-state index in [4.69, 9.17) is 11.6 Å². The molecule has 7 rings (SSSR count). The first-order valence-corrected chi connectivity index (χ1v) is 11.4. The van der Waals surface area contributed by atoms with Gasteiger partial charge in [0, 0.05) is 5.02 Å². The maximum absolute atomic E-state index is 6.24. The van der Waals surface area contributed by atoms with Gasteiger partial charge in [0.1, 0.15) is 0 Å². The second kappa shape index (κ2) is 6.45. The van der Waals surface area contributed by atoms with Gasteiger partial charge in [0.2, 0.25) is 0 Å². The van der Waals surface area contributed by atoms with Crippen LogP contribution in [0.4, 0.5) is 0 Å². The van der Waals surface area contributed by atoms with E-state index in [1.807, 2.05) is 12.1 Å². The largest absolute Gasteiger partial charge is 0.0843 e. The summed E-state index contributed by atoms with van der Waals surface area (Å²) < 4.78 is 0. The van der Waals surface area contributed by atoms with Crippen molar-refractivity contribution in [3.05, 3.63) is 143 Å². The first kappa shape index (κ1) is 18.0. The molecule has 0 N–H and O–H groups in total. The fraction of sp³-hybridized carbons (Fsp3) is 0.0323. The average molecular weight is 427 g/mol. The van der Waals surface area contributed by atoms with Gasteiger partial charge in [0.15, 0.2) is 0 Å². The summed E-state index contributed by atoms with van der Waals surface area (Å²) in [7, 11) is 0. The number of hydrogen-bond donors (Lipinski definition) is 0. The van der Waals surface area contributed by atoms with Crippen molar-refractivity contribution >= 4 is 11.6 Å². The predicted octanol–water partition coefficient (Wildman–Crippen LogP) is 8.35. The highest BCUT2D eigenvalue weighted by Gasteiger charge is 2.52. The lowest BCUT2D eigenvalue weighted by molar-refractivity contribution is 0.796. The zero-order valence-electron chi connectivity index (χ0n) is 17.3. The van der Waals surface area contributed by atoms with Gasteiger partial charge in [-0.3, -0.25) is 0 Å². The molecule has 1 spiro atoms. The molecule has 1 heteroatoms. The Kier molecular flexibility index (Phi) is 3.63. The first-order valence-electron chi connectivity index (χ1n) is 11.0. The number of fused-ring (bicyclic) bond motifs is 10. The van der Waals surface area contributed by atoms with E-state index in [1.165, 1.54) is 55.6 Å². The van der Waals surface area contributed by atoms with Crippen LogP contribution in [-0.4, -0.2) is 0 Å². The van der Waals surface area contributed by atoms with E-state index in [-0.39, 0.29) is 5.41 Å². The maximum atomic E-state index is 6.24. The van der Waals surface area contributed by atoms with E-state index in [0.717, 1.165) is 5.02 Å². The molecular formula is C31H19Cl. The molecule has 2 aliphatic rings. The summed E-state index contributed by atoms with van der Waals surface area (Å²) in [4.78, 5) is 0. The van der Waals surface area contributed by atoms with Crippen LogP contribution in [0.25, 0.3) is 33.4 Å². The van der Waals surface area contributed by atoms with E-state index in [9.17, 15) is 0 Å². The Morgan fingerprint density at radius 1 is 0.406 bits per heavy atom. The van der Waals surface area contributed by atoms with Crippen LogP contribution in [-0.2, 0) is 5.41 Å². The maximum Gasteiger partial charge on any atom is 0.0731 e. The summed E-state index contributed by atoms with van der Waals surface area (Å²) in [5, 5.41) is 0.760. The van der Waals surface area contributed by atoms with E-state index in [2.05, 4.69) is 103 Å². The third-order valence-electron chi connectivity index (χ3n) is 7.17. The van der Waals surface area contributed by atoms with Gasteiger partial charge in [0.05, 0.1) is 5.41 Å². The van der Waals surface area contributed by atoms with Gasteiger partial charge in [-0.05, 0) is 67.8 Å². The van der Waals surface area contributed by atoms with Crippen molar-refractivity contribution in [1.82, 2.24) is 0 Å². The highest BCUT2D eigenvalue weighted by Crippen LogP contribution is 2.64. The Morgan fingerprint density at radius 2 is 0.844 bits per heavy atom. The van der Waals surface area contributed by atoms with Crippen LogP contribution in [0, 0.1) is 0 Å². The molecule has 0 unspecified atom stereocenters. The first-order chi connectivity index (χ1) is 15.8. The van der Waals surface area contributed by atoms with E-state index in [1.54, 1.807) is 0 Å². The molecule has 0 bridgehead atoms. The van der Waals surface area contributed by atoms with Gasteiger partial charge in [-0.25, -0.2) is 0 Å². The molecule has 0 atom stereocenters. The summed E-state index contributed by atoms with van der Waals surface area (Å²) in [6.07, 6.45) is 0. The van der Waals surface area contributed by atoms with Gasteiger partial charge in [-0.2, -0.15) is 0 Å². The minimum atomic E-state index is -0.324. The lowest BCUT2D eigenvalue weighted by Crippen LogP contribution is -2.26. The van der Waals surface area contributed by atoms with Crippen molar-refractivity contribution in [2.75, 3.05) is 0 Å². The Hall–Kier alpha value is -3.61. The van der Waals surface area contributed by atoms with Crippen LogP contribution >= 0.6 is 11.6 Å². The molecule has 0 fully saturated rings. The summed E-state index contributed by atoms with van der Waals surface area (Å²) in [6.45, 7) is 0. The third-order valence-corrected chi connectivity index (χ3v) is 7.42. The standard InChI is InChI=1S/C31H19Cl/c32-21-18-16-20(17-19-21)22-11-7-12-26-25-10-3-6-15-29(25)31(30(22)26)27-13-4-1-8-23(27)24-9-2-5-14-28(24)31/h1-19H. The van der Waals surface area contributed by atoms with Crippen molar-refractivity contribution in [3.63, 3.8) is 0 Å². The lowest BCUT2D eigenvalue weighted by atomic mass is 9.68. The minimum Gasteiger partial charge on any atom is -0.0843 e. The van der Waals surface area contributed by atoms with Crippen molar-refractivity contribution in [1.29, 1.82) is 0 Å². The Morgan fingerprint density at radius 3 is 1.41 bits per heavy atom. The highest BCUT2D eigenvalue weighted by molar-refractivity contribution is 6.30. The molecular weight excluding hydrogens is 408 g/mol. The molecule has 0 radical (unpaired) electrons. The Bertz CT molecular complexity index is 1460. The highest BCUT2D eigenvalue weighted by atomic mass is 35.5. The molecule has 150 valence electrons. The topological polar surface area (TPSA) is 0 Å². The van der Waals surface area contributed by atoms with E-state index in [0.29, 0.717) is 0 Å². The lowest BCUT2D eigenvalue weighted by Gasteiger charge is -2.32. The number of benzene rings is 5. The number of halogens is 1. The van der Waals surface area contributed by atoms with Gasteiger partial charge in [0.25, 0.3) is 0 Å². The summed E-state index contributed by atoms with van der Waals surface area (Å²) in [5.74, 6) is 0. The molecule has 32 heavy (non-hydrogen) atoms. The van der Waals surface area contributed by atoms with Gasteiger partial charge in [-0.1, -0.05) is 115 Å². The second-order valence-corrected chi connectivity index (χ2v) is 9.06. The van der Waals surface area contributed by atoms with Crippen molar-refractivity contribution in [2.24, 2.45) is 0 Å². The third kappa shape index (κ3) is 2.13. The molecule has 0 saturated heterocycles. The molecule has 0 aliphatic heterocycles. The smallest absolute Gasteiger partial charge is 0.0731 e. The fourth-order valence-corrected chi connectivity index (χ4v) is 6.15. The minimum absolute atomic E-state index is 0.324. The van der Waals surface area contributed by atoms with Crippen LogP contribution in [0.5, 0.6) is 0 Å². The summed E-state index contributed by atoms with van der Waals surface area (Å²) in [6, 6.07) is 41.8. The molecule has 5 aromatic rings. The van der Waals surface area contributed by atoms with E-state index < -0.39 is 0 Å². The summed E-state index contributed by atoms with van der Waals surface area (Å²) in [5.41, 5.74) is 12.9. The molecule has 2 aliphatic carbocycles. The average Bonchev–Trinajstić information content (AvgIpc) is 3.32. The zero-order valence-corrected chi connectivity index (χ0v) is 18.1. The normalized spacial score (nSPS) is 14.0. The fourth-order valence-electron chi connectivity index (χ4n) is 6.03. The Labute approximate surface area is 192 Å². The van der Waals surface area contributed by atoms with Crippen LogP contribution in [0.15, 0.2) is 115 Å². The van der Waals surface area contributed by atoms with Crippen LogP contribution in [0.2, 0.25) is 5.02 Å². The monoisotopic (exact) mass is 426 g/mol.